The van der Waals surface area contributed by atoms with E-state index in [-0.39, 0.29) is 23.8 Å². The summed E-state index contributed by atoms with van der Waals surface area (Å²) >= 11 is 6.30. The number of para-hydroxylation sites is 1. The molecule has 4 atom stereocenters. The number of hydrogen-bond acceptors (Lipinski definition) is 4. The van der Waals surface area contributed by atoms with E-state index in [0.29, 0.717) is 22.8 Å². The second-order valence-electron chi connectivity index (χ2n) is 9.02. The summed E-state index contributed by atoms with van der Waals surface area (Å²) in [6.07, 6.45) is 1.71. The average Bonchev–Trinajstić information content (AvgIpc) is 3.44. The topological polar surface area (TPSA) is 69.7 Å². The van der Waals surface area contributed by atoms with Gasteiger partial charge in [-0.3, -0.25) is 19.3 Å². The number of hydrogen-bond donors (Lipinski definition) is 1. The molecule has 7 heteroatoms. The molecule has 158 valence electrons. The molecule has 3 amide bonds. The maximum absolute atomic E-state index is 13.9. The third-order valence-corrected chi connectivity index (χ3v) is 8.13. The Labute approximate surface area is 185 Å². The number of rotatable bonds is 1. The van der Waals surface area contributed by atoms with E-state index < -0.39 is 17.4 Å². The van der Waals surface area contributed by atoms with Gasteiger partial charge in [-0.1, -0.05) is 35.9 Å². The summed E-state index contributed by atoms with van der Waals surface area (Å²) in [7, 11) is 0. The first-order valence-corrected chi connectivity index (χ1v) is 11.1. The molecule has 4 aliphatic rings. The van der Waals surface area contributed by atoms with E-state index in [1.54, 1.807) is 18.2 Å². The standard InChI is InChI=1S/C24H22ClN3O3/c1-12-6-3-7-14-20(12)26-23(31)24(14)19-18(17-10-5-11-27(17)24)21(29)28(22(19)30)16-9-4-8-15(25)13(16)2/h3-4,6-9,17-19H,5,10-11H2,1-2H3,(H,26,31)/t17-,18+,19-,24+/m0/s1. The molecule has 2 aromatic carbocycles. The average molecular weight is 436 g/mol. The second-order valence-corrected chi connectivity index (χ2v) is 9.43. The predicted molar refractivity (Wildman–Crippen MR) is 117 cm³/mol. The highest BCUT2D eigenvalue weighted by Gasteiger charge is 2.74. The van der Waals surface area contributed by atoms with E-state index in [4.69, 9.17) is 11.6 Å². The Hall–Kier alpha value is -2.70. The zero-order valence-corrected chi connectivity index (χ0v) is 18.1. The minimum atomic E-state index is -1.14. The molecule has 0 aromatic heterocycles. The molecular formula is C24H22ClN3O3. The molecule has 3 saturated heterocycles. The van der Waals surface area contributed by atoms with Crippen molar-refractivity contribution in [2.24, 2.45) is 11.8 Å². The van der Waals surface area contributed by atoms with Crippen LogP contribution < -0.4 is 10.2 Å². The van der Waals surface area contributed by atoms with Crippen molar-refractivity contribution in [2.75, 3.05) is 16.8 Å². The van der Waals surface area contributed by atoms with Crippen molar-refractivity contribution < 1.29 is 14.4 Å². The van der Waals surface area contributed by atoms with Crippen molar-refractivity contribution in [2.45, 2.75) is 38.3 Å². The van der Waals surface area contributed by atoms with Crippen LogP contribution >= 0.6 is 11.6 Å². The molecule has 6 rings (SSSR count). The third-order valence-electron chi connectivity index (χ3n) is 7.72. The number of benzene rings is 2. The first-order valence-electron chi connectivity index (χ1n) is 10.7. The maximum atomic E-state index is 13.9. The van der Waals surface area contributed by atoms with Gasteiger partial charge in [0, 0.05) is 22.3 Å². The Morgan fingerprint density at radius 1 is 1.06 bits per heavy atom. The van der Waals surface area contributed by atoms with Gasteiger partial charge in [-0.2, -0.15) is 0 Å². The summed E-state index contributed by atoms with van der Waals surface area (Å²) in [4.78, 5) is 44.8. The van der Waals surface area contributed by atoms with Gasteiger partial charge in [0.1, 0.15) is 5.54 Å². The van der Waals surface area contributed by atoms with Crippen LogP contribution in [0.25, 0.3) is 0 Å². The quantitative estimate of drug-likeness (QED) is 0.697. The van der Waals surface area contributed by atoms with Crippen molar-refractivity contribution in [3.05, 3.63) is 58.1 Å². The summed E-state index contributed by atoms with van der Waals surface area (Å²) < 4.78 is 0. The molecule has 0 aliphatic carbocycles. The van der Waals surface area contributed by atoms with Gasteiger partial charge in [-0.15, -0.1) is 0 Å². The Bertz CT molecular complexity index is 1190. The first-order chi connectivity index (χ1) is 14.9. The van der Waals surface area contributed by atoms with Crippen LogP contribution in [-0.2, 0) is 19.9 Å². The van der Waals surface area contributed by atoms with Crippen molar-refractivity contribution >= 4 is 40.7 Å². The number of amides is 3. The molecule has 0 saturated carbocycles. The highest BCUT2D eigenvalue weighted by molar-refractivity contribution is 6.32. The lowest BCUT2D eigenvalue weighted by atomic mass is 9.75. The zero-order valence-electron chi connectivity index (χ0n) is 17.3. The molecule has 0 bridgehead atoms. The number of carbonyl (C=O) groups excluding carboxylic acids is 3. The number of aryl methyl sites for hydroxylation is 1. The number of halogens is 1. The van der Waals surface area contributed by atoms with Crippen LogP contribution in [0, 0.1) is 25.7 Å². The highest BCUT2D eigenvalue weighted by Crippen LogP contribution is 2.61. The minimum Gasteiger partial charge on any atom is -0.324 e. The van der Waals surface area contributed by atoms with E-state index >= 15 is 0 Å². The molecule has 2 aromatic rings. The molecule has 3 fully saturated rings. The van der Waals surface area contributed by atoms with Crippen LogP contribution in [0.4, 0.5) is 11.4 Å². The Kier molecular flexibility index (Phi) is 3.79. The van der Waals surface area contributed by atoms with E-state index in [0.717, 1.165) is 29.7 Å². The highest BCUT2D eigenvalue weighted by atomic mass is 35.5. The fourth-order valence-electron chi connectivity index (χ4n) is 6.45. The van der Waals surface area contributed by atoms with Crippen molar-refractivity contribution in [3.63, 3.8) is 0 Å². The lowest BCUT2D eigenvalue weighted by Crippen LogP contribution is -2.54. The van der Waals surface area contributed by atoms with E-state index in [1.807, 2.05) is 32.0 Å². The number of nitrogens with one attached hydrogen (secondary N) is 1. The van der Waals surface area contributed by atoms with Gasteiger partial charge < -0.3 is 5.32 Å². The summed E-state index contributed by atoms with van der Waals surface area (Å²) in [5.41, 5.74) is 2.62. The van der Waals surface area contributed by atoms with Crippen molar-refractivity contribution in [1.82, 2.24) is 4.90 Å². The molecule has 0 radical (unpaired) electrons. The fourth-order valence-corrected chi connectivity index (χ4v) is 6.62. The van der Waals surface area contributed by atoms with Crippen molar-refractivity contribution in [1.29, 1.82) is 0 Å². The molecule has 6 nitrogen and oxygen atoms in total. The largest absolute Gasteiger partial charge is 0.324 e. The monoisotopic (exact) mass is 435 g/mol. The predicted octanol–water partition coefficient (Wildman–Crippen LogP) is 3.39. The van der Waals surface area contributed by atoms with Gasteiger partial charge in [0.2, 0.25) is 17.7 Å². The zero-order chi connectivity index (χ0) is 21.7. The van der Waals surface area contributed by atoms with Gasteiger partial charge in [-0.25, -0.2) is 4.90 Å². The van der Waals surface area contributed by atoms with Gasteiger partial charge in [0.15, 0.2) is 0 Å². The number of fused-ring (bicyclic) bond motifs is 7. The Morgan fingerprint density at radius 3 is 2.65 bits per heavy atom. The van der Waals surface area contributed by atoms with Crippen molar-refractivity contribution in [3.8, 4) is 0 Å². The van der Waals surface area contributed by atoms with Gasteiger partial charge in [-0.05, 0) is 56.5 Å². The molecule has 1 spiro atoms. The van der Waals surface area contributed by atoms with Gasteiger partial charge in [0.05, 0.1) is 17.5 Å². The smallest absolute Gasteiger partial charge is 0.250 e. The number of anilines is 2. The summed E-state index contributed by atoms with van der Waals surface area (Å²) in [5, 5.41) is 3.56. The second kappa shape index (κ2) is 6.17. The van der Waals surface area contributed by atoms with Crippen LogP contribution in [0.1, 0.15) is 29.5 Å². The van der Waals surface area contributed by atoms with Crippen LogP contribution in [0.15, 0.2) is 36.4 Å². The fraction of sp³-hybridized carbons (Fsp3) is 0.375. The van der Waals surface area contributed by atoms with Crippen LogP contribution in [0.2, 0.25) is 5.02 Å². The maximum Gasteiger partial charge on any atom is 0.250 e. The molecule has 1 N–H and O–H groups in total. The Balaban J connectivity index is 1.58. The molecular weight excluding hydrogens is 414 g/mol. The Morgan fingerprint density at radius 2 is 1.84 bits per heavy atom. The lowest BCUT2D eigenvalue weighted by molar-refractivity contribution is -0.135. The van der Waals surface area contributed by atoms with Crippen LogP contribution in [0.3, 0.4) is 0 Å². The first kappa shape index (κ1) is 19.0. The minimum absolute atomic E-state index is 0.122. The normalized spacial score (nSPS) is 31.4. The summed E-state index contributed by atoms with van der Waals surface area (Å²) in [5.74, 6) is -2.00. The number of nitrogens with zero attached hydrogens (tertiary/aromatic N) is 2. The molecule has 4 heterocycles. The summed E-state index contributed by atoms with van der Waals surface area (Å²) in [6, 6.07) is 10.9. The molecule has 4 aliphatic heterocycles. The molecule has 31 heavy (non-hydrogen) atoms. The van der Waals surface area contributed by atoms with Crippen LogP contribution in [-0.4, -0.2) is 35.2 Å². The molecule has 0 unspecified atom stereocenters. The van der Waals surface area contributed by atoms with Crippen LogP contribution in [0.5, 0.6) is 0 Å². The van der Waals surface area contributed by atoms with E-state index in [9.17, 15) is 14.4 Å². The SMILES string of the molecule is Cc1cccc2c1NC(=O)[C@]21[C@@H]2C(=O)N(c3cccc(Cl)c3C)C(=O)[C@@H]2[C@@H]2CCCN21. The number of imide groups is 1. The lowest BCUT2D eigenvalue weighted by Gasteiger charge is -2.36. The van der Waals surface area contributed by atoms with Gasteiger partial charge in [0.25, 0.3) is 0 Å². The van der Waals surface area contributed by atoms with E-state index in [1.165, 1.54) is 4.90 Å². The van der Waals surface area contributed by atoms with E-state index in [2.05, 4.69) is 10.2 Å². The van der Waals surface area contributed by atoms with Gasteiger partial charge >= 0.3 is 0 Å². The number of carbonyl (C=O) groups is 3. The third kappa shape index (κ3) is 2.10. The summed E-state index contributed by atoms with van der Waals surface area (Å²) in [6.45, 7) is 4.47.